The molecule has 0 aliphatic rings. The summed E-state index contributed by atoms with van der Waals surface area (Å²) < 4.78 is 22.7. The lowest BCUT2D eigenvalue weighted by molar-refractivity contribution is 0.0929. The van der Waals surface area contributed by atoms with E-state index in [9.17, 15) is 13.2 Å². The predicted molar refractivity (Wildman–Crippen MR) is 80.6 cm³/mol. The molecule has 1 amide bonds. The van der Waals surface area contributed by atoms with Gasteiger partial charge in [-0.1, -0.05) is 26.8 Å². The van der Waals surface area contributed by atoms with E-state index in [1.807, 2.05) is 27.7 Å². The molecule has 0 aliphatic heterocycles. The molecule has 4 nitrogen and oxygen atoms in total. The number of nitrogens with one attached hydrogen (secondary N) is 1. The van der Waals surface area contributed by atoms with E-state index in [4.69, 9.17) is 10.7 Å². The molecule has 0 aromatic heterocycles. The standard InChI is InChI=1S/C14H20ClNO3S/c1-5-11-6-7-12(20(15,18)19)8-13(11)14(17)16-10(4)9(2)3/h6-10H,5H2,1-4H3,(H,16,17). The number of carbonyl (C=O) groups excluding carboxylic acids is 1. The summed E-state index contributed by atoms with van der Waals surface area (Å²) in [6.07, 6.45) is 0.640. The lowest BCUT2D eigenvalue weighted by Crippen LogP contribution is -2.36. The van der Waals surface area contributed by atoms with Crippen LogP contribution in [0.5, 0.6) is 0 Å². The van der Waals surface area contributed by atoms with Crippen LogP contribution in [-0.4, -0.2) is 20.4 Å². The van der Waals surface area contributed by atoms with Crippen LogP contribution in [0.4, 0.5) is 0 Å². The van der Waals surface area contributed by atoms with Gasteiger partial charge in [-0.2, -0.15) is 0 Å². The fraction of sp³-hybridized carbons (Fsp3) is 0.500. The van der Waals surface area contributed by atoms with Gasteiger partial charge >= 0.3 is 0 Å². The van der Waals surface area contributed by atoms with E-state index >= 15 is 0 Å². The highest BCUT2D eigenvalue weighted by Crippen LogP contribution is 2.20. The number of hydrogen-bond donors (Lipinski definition) is 1. The number of amides is 1. The van der Waals surface area contributed by atoms with Crippen molar-refractivity contribution in [3.63, 3.8) is 0 Å². The highest BCUT2D eigenvalue weighted by Gasteiger charge is 2.18. The van der Waals surface area contributed by atoms with E-state index < -0.39 is 9.05 Å². The van der Waals surface area contributed by atoms with E-state index in [0.29, 0.717) is 17.9 Å². The van der Waals surface area contributed by atoms with Crippen molar-refractivity contribution >= 4 is 25.6 Å². The minimum atomic E-state index is -3.84. The number of halogens is 1. The van der Waals surface area contributed by atoms with Crippen LogP contribution in [0.15, 0.2) is 23.1 Å². The molecule has 0 aliphatic carbocycles. The molecular formula is C14H20ClNO3S. The smallest absolute Gasteiger partial charge is 0.261 e. The zero-order valence-electron chi connectivity index (χ0n) is 12.1. The Bertz CT molecular complexity index is 596. The van der Waals surface area contributed by atoms with Crippen LogP contribution in [0, 0.1) is 5.92 Å². The van der Waals surface area contributed by atoms with Crippen LogP contribution in [0.3, 0.4) is 0 Å². The van der Waals surface area contributed by atoms with Crippen molar-refractivity contribution in [3.8, 4) is 0 Å². The average molecular weight is 318 g/mol. The number of hydrogen-bond acceptors (Lipinski definition) is 3. The Morgan fingerprint density at radius 1 is 1.30 bits per heavy atom. The normalized spacial score (nSPS) is 13.3. The van der Waals surface area contributed by atoms with Crippen LogP contribution in [0.2, 0.25) is 0 Å². The number of carbonyl (C=O) groups is 1. The Morgan fingerprint density at radius 3 is 2.35 bits per heavy atom. The minimum Gasteiger partial charge on any atom is -0.349 e. The van der Waals surface area contributed by atoms with Crippen LogP contribution in [-0.2, 0) is 15.5 Å². The van der Waals surface area contributed by atoms with E-state index in [0.717, 1.165) is 5.56 Å². The van der Waals surface area contributed by atoms with Gasteiger partial charge < -0.3 is 5.32 Å². The Hall–Kier alpha value is -1.07. The van der Waals surface area contributed by atoms with Gasteiger partial charge in [-0.05, 0) is 37.0 Å². The summed E-state index contributed by atoms with van der Waals surface area (Å²) in [5.74, 6) is 0.0224. The first-order valence-electron chi connectivity index (χ1n) is 6.55. The van der Waals surface area contributed by atoms with Gasteiger partial charge in [0.05, 0.1) is 4.90 Å². The maximum absolute atomic E-state index is 12.3. The molecular weight excluding hydrogens is 298 g/mol. The van der Waals surface area contributed by atoms with Crippen molar-refractivity contribution in [2.24, 2.45) is 5.92 Å². The highest BCUT2D eigenvalue weighted by molar-refractivity contribution is 8.13. The zero-order chi connectivity index (χ0) is 15.5. The summed E-state index contributed by atoms with van der Waals surface area (Å²) in [5.41, 5.74) is 1.16. The molecule has 0 saturated carbocycles. The average Bonchev–Trinajstić information content (AvgIpc) is 2.36. The summed E-state index contributed by atoms with van der Waals surface area (Å²) in [5, 5.41) is 2.87. The van der Waals surface area contributed by atoms with Crippen LogP contribution in [0.25, 0.3) is 0 Å². The quantitative estimate of drug-likeness (QED) is 0.849. The monoisotopic (exact) mass is 317 g/mol. The van der Waals surface area contributed by atoms with E-state index in [1.54, 1.807) is 6.07 Å². The molecule has 1 rings (SSSR count). The van der Waals surface area contributed by atoms with Gasteiger partial charge in [-0.25, -0.2) is 8.42 Å². The Balaban J connectivity index is 3.18. The third-order valence-corrected chi connectivity index (χ3v) is 4.70. The fourth-order valence-electron chi connectivity index (χ4n) is 1.68. The van der Waals surface area contributed by atoms with Crippen molar-refractivity contribution in [3.05, 3.63) is 29.3 Å². The molecule has 0 spiro atoms. The minimum absolute atomic E-state index is 0.00321. The molecule has 112 valence electrons. The topological polar surface area (TPSA) is 63.2 Å². The summed E-state index contributed by atoms with van der Waals surface area (Å²) in [7, 11) is 1.49. The first-order valence-corrected chi connectivity index (χ1v) is 8.86. The Labute approximate surface area is 124 Å². The van der Waals surface area contributed by atoms with Crippen molar-refractivity contribution in [2.45, 2.75) is 45.1 Å². The Kier molecular flexibility index (Phi) is 5.59. The summed E-state index contributed by atoms with van der Waals surface area (Å²) in [6.45, 7) is 7.83. The van der Waals surface area contributed by atoms with Crippen molar-refractivity contribution in [1.29, 1.82) is 0 Å². The zero-order valence-corrected chi connectivity index (χ0v) is 13.7. The van der Waals surface area contributed by atoms with E-state index in [1.165, 1.54) is 12.1 Å². The van der Waals surface area contributed by atoms with Crippen LogP contribution in [0.1, 0.15) is 43.6 Å². The van der Waals surface area contributed by atoms with Crippen molar-refractivity contribution in [1.82, 2.24) is 5.32 Å². The van der Waals surface area contributed by atoms with Gasteiger partial charge in [0.2, 0.25) is 0 Å². The second-order valence-corrected chi connectivity index (χ2v) is 7.68. The van der Waals surface area contributed by atoms with Crippen molar-refractivity contribution in [2.75, 3.05) is 0 Å². The summed E-state index contributed by atoms with van der Waals surface area (Å²) in [4.78, 5) is 12.2. The molecule has 0 heterocycles. The first kappa shape index (κ1) is 17.0. The molecule has 1 atom stereocenters. The predicted octanol–water partition coefficient (Wildman–Crippen LogP) is 2.95. The number of rotatable bonds is 5. The molecule has 20 heavy (non-hydrogen) atoms. The van der Waals surface area contributed by atoms with Gasteiger partial charge in [-0.3, -0.25) is 4.79 Å². The molecule has 1 aromatic carbocycles. The van der Waals surface area contributed by atoms with Gasteiger partial charge in [0.25, 0.3) is 15.0 Å². The highest BCUT2D eigenvalue weighted by atomic mass is 35.7. The number of benzene rings is 1. The first-order chi connectivity index (χ1) is 9.16. The molecule has 1 unspecified atom stereocenters. The van der Waals surface area contributed by atoms with Crippen LogP contribution < -0.4 is 5.32 Å². The van der Waals surface area contributed by atoms with Gasteiger partial charge in [-0.15, -0.1) is 0 Å². The maximum atomic E-state index is 12.3. The third-order valence-electron chi connectivity index (χ3n) is 3.35. The lowest BCUT2D eigenvalue weighted by Gasteiger charge is -2.18. The maximum Gasteiger partial charge on any atom is 0.261 e. The number of aryl methyl sites for hydroxylation is 1. The SMILES string of the molecule is CCc1ccc(S(=O)(=O)Cl)cc1C(=O)NC(C)C(C)C. The molecule has 6 heteroatoms. The largest absolute Gasteiger partial charge is 0.349 e. The molecule has 0 radical (unpaired) electrons. The Morgan fingerprint density at radius 2 is 1.90 bits per heavy atom. The van der Waals surface area contributed by atoms with E-state index in [-0.39, 0.29) is 16.8 Å². The fourth-order valence-corrected chi connectivity index (χ4v) is 2.46. The summed E-state index contributed by atoms with van der Waals surface area (Å²) in [6, 6.07) is 4.39. The molecule has 1 N–H and O–H groups in total. The second-order valence-electron chi connectivity index (χ2n) is 5.12. The molecule has 0 saturated heterocycles. The third kappa shape index (κ3) is 4.21. The van der Waals surface area contributed by atoms with Crippen molar-refractivity contribution < 1.29 is 13.2 Å². The molecule has 0 bridgehead atoms. The van der Waals surface area contributed by atoms with E-state index in [2.05, 4.69) is 5.32 Å². The van der Waals surface area contributed by atoms with Gasteiger partial charge in [0.1, 0.15) is 0 Å². The lowest BCUT2D eigenvalue weighted by atomic mass is 10.0. The molecule has 1 aromatic rings. The van der Waals surface area contributed by atoms with Gasteiger partial charge in [0, 0.05) is 22.3 Å². The molecule has 0 fully saturated rings. The van der Waals surface area contributed by atoms with Gasteiger partial charge in [0.15, 0.2) is 0 Å². The van der Waals surface area contributed by atoms with Crippen LogP contribution >= 0.6 is 10.7 Å². The second kappa shape index (κ2) is 6.59. The summed E-state index contributed by atoms with van der Waals surface area (Å²) >= 11 is 0.